The van der Waals surface area contributed by atoms with Crippen molar-refractivity contribution in [2.75, 3.05) is 14.2 Å². The molecule has 0 radical (unpaired) electrons. The molecule has 0 aliphatic carbocycles. The molecule has 0 saturated carbocycles. The Morgan fingerprint density at radius 3 is 2.52 bits per heavy atom. The molecule has 0 unspecified atom stereocenters. The summed E-state index contributed by atoms with van der Waals surface area (Å²) in [6.07, 6.45) is 1.47. The van der Waals surface area contributed by atoms with E-state index in [0.717, 1.165) is 3.97 Å². The summed E-state index contributed by atoms with van der Waals surface area (Å²) in [5.74, 6) is -0.428. The molecule has 146 valence electrons. The molecule has 0 saturated heterocycles. The number of hydrogen-bond donors (Lipinski definition) is 3. The standard InChI is InChI=1S/C18H23N3O5S/c1-11(19)18(12(2)20-3)27(24,25)21-10-13(5-8-17(22)23)15-9-14(26-4)6-7-16(15)21/h6-7,9-10,19-20H,5,8H2,1-4H3,(H,22,23)/b18-12+,19-11?. The summed E-state index contributed by atoms with van der Waals surface area (Å²) in [6.45, 7) is 3.00. The molecular weight excluding hydrogens is 370 g/mol. The predicted octanol–water partition coefficient (Wildman–Crippen LogP) is 2.34. The molecule has 8 nitrogen and oxygen atoms in total. The largest absolute Gasteiger partial charge is 0.497 e. The highest BCUT2D eigenvalue weighted by Crippen LogP contribution is 2.30. The zero-order chi connectivity index (χ0) is 20.4. The molecule has 1 aromatic heterocycles. The van der Waals surface area contributed by atoms with Crippen LogP contribution in [0.5, 0.6) is 5.75 Å². The number of nitrogens with zero attached hydrogens (tertiary/aromatic N) is 1. The van der Waals surface area contributed by atoms with E-state index in [4.69, 9.17) is 15.3 Å². The monoisotopic (exact) mass is 393 g/mol. The van der Waals surface area contributed by atoms with Gasteiger partial charge in [-0.15, -0.1) is 0 Å². The van der Waals surface area contributed by atoms with Crippen molar-refractivity contribution in [1.82, 2.24) is 9.29 Å². The van der Waals surface area contributed by atoms with Crippen LogP contribution < -0.4 is 10.1 Å². The molecule has 0 aliphatic heterocycles. The van der Waals surface area contributed by atoms with Crippen LogP contribution in [0, 0.1) is 5.41 Å². The summed E-state index contributed by atoms with van der Waals surface area (Å²) < 4.78 is 32.9. The van der Waals surface area contributed by atoms with Crippen molar-refractivity contribution in [2.45, 2.75) is 26.7 Å². The van der Waals surface area contributed by atoms with E-state index in [1.807, 2.05) is 0 Å². The second-order valence-corrected chi connectivity index (χ2v) is 7.81. The Bertz CT molecular complexity index is 1030. The summed E-state index contributed by atoms with van der Waals surface area (Å²) >= 11 is 0. The zero-order valence-electron chi connectivity index (χ0n) is 15.7. The van der Waals surface area contributed by atoms with E-state index in [-0.39, 0.29) is 23.5 Å². The number of benzene rings is 1. The van der Waals surface area contributed by atoms with Gasteiger partial charge in [0.1, 0.15) is 10.7 Å². The lowest BCUT2D eigenvalue weighted by Crippen LogP contribution is -2.23. The Labute approximate surface area is 158 Å². The van der Waals surface area contributed by atoms with Crippen molar-refractivity contribution in [3.8, 4) is 5.75 Å². The highest BCUT2D eigenvalue weighted by Gasteiger charge is 2.27. The van der Waals surface area contributed by atoms with Crippen LogP contribution in [-0.4, -0.2) is 43.3 Å². The van der Waals surface area contributed by atoms with Crippen LogP contribution in [0.1, 0.15) is 25.8 Å². The van der Waals surface area contributed by atoms with E-state index in [2.05, 4.69) is 5.32 Å². The minimum atomic E-state index is -4.05. The molecular formula is C18H23N3O5S. The maximum Gasteiger partial charge on any atom is 0.303 e. The number of carboxylic acids is 1. The fraction of sp³-hybridized carbons (Fsp3) is 0.333. The van der Waals surface area contributed by atoms with Crippen LogP contribution in [0.3, 0.4) is 0 Å². The third kappa shape index (κ3) is 3.97. The Balaban J connectivity index is 2.78. The van der Waals surface area contributed by atoms with Gasteiger partial charge in [0.25, 0.3) is 10.0 Å². The molecule has 1 aromatic carbocycles. The van der Waals surface area contributed by atoms with Gasteiger partial charge in [0, 0.05) is 30.7 Å². The van der Waals surface area contributed by atoms with Gasteiger partial charge in [0.2, 0.25) is 0 Å². The number of hydrogen-bond acceptors (Lipinski definition) is 6. The number of aromatic nitrogens is 1. The molecule has 27 heavy (non-hydrogen) atoms. The van der Waals surface area contributed by atoms with Crippen molar-refractivity contribution < 1.29 is 23.1 Å². The molecule has 9 heteroatoms. The van der Waals surface area contributed by atoms with E-state index in [9.17, 15) is 13.2 Å². The number of allylic oxidation sites excluding steroid dienone is 2. The van der Waals surface area contributed by atoms with Gasteiger partial charge >= 0.3 is 5.97 Å². The second-order valence-electron chi connectivity index (χ2n) is 6.06. The number of ether oxygens (including phenoxy) is 1. The van der Waals surface area contributed by atoms with Crippen LogP contribution in [0.25, 0.3) is 10.9 Å². The number of aliphatic carboxylic acids is 1. The highest BCUT2D eigenvalue weighted by atomic mass is 32.2. The van der Waals surface area contributed by atoms with Gasteiger partial charge in [-0.3, -0.25) is 4.79 Å². The Morgan fingerprint density at radius 1 is 1.33 bits per heavy atom. The SMILES string of the molecule is CN/C(C)=C(\C(C)=N)S(=O)(=O)n1cc(CCC(=O)O)c2cc(OC)ccc21. The smallest absolute Gasteiger partial charge is 0.303 e. The normalized spacial score (nSPS) is 12.6. The fourth-order valence-corrected chi connectivity index (χ4v) is 4.65. The Kier molecular flexibility index (Phi) is 5.94. The van der Waals surface area contributed by atoms with Gasteiger partial charge in [-0.05, 0) is 44.0 Å². The number of carbonyl (C=O) groups is 1. The quantitative estimate of drug-likeness (QED) is 0.592. The number of carboxylic acid groups (broad SMARTS) is 1. The molecule has 0 bridgehead atoms. The van der Waals surface area contributed by atoms with E-state index in [0.29, 0.717) is 27.9 Å². The number of rotatable bonds is 8. The Hall–Kier alpha value is -2.81. The highest BCUT2D eigenvalue weighted by molar-refractivity contribution is 7.95. The van der Waals surface area contributed by atoms with Crippen LogP contribution >= 0.6 is 0 Å². The molecule has 3 N–H and O–H groups in total. The number of methoxy groups -OCH3 is 1. The average molecular weight is 393 g/mol. The summed E-state index contributed by atoms with van der Waals surface area (Å²) in [4.78, 5) is 10.8. The lowest BCUT2D eigenvalue weighted by atomic mass is 10.1. The molecule has 0 aliphatic rings. The van der Waals surface area contributed by atoms with E-state index >= 15 is 0 Å². The van der Waals surface area contributed by atoms with Crippen molar-refractivity contribution in [2.24, 2.45) is 0 Å². The average Bonchev–Trinajstić information content (AvgIpc) is 2.97. The molecule has 0 fully saturated rings. The topological polar surface area (TPSA) is 121 Å². The summed E-state index contributed by atoms with van der Waals surface area (Å²) in [5, 5.41) is 20.3. The summed E-state index contributed by atoms with van der Waals surface area (Å²) in [5.41, 5.74) is 1.24. The molecule has 0 atom stereocenters. The van der Waals surface area contributed by atoms with E-state index in [1.165, 1.54) is 20.2 Å². The molecule has 0 amide bonds. The molecule has 2 aromatic rings. The van der Waals surface area contributed by atoms with Gasteiger partial charge in [0.15, 0.2) is 0 Å². The second kappa shape index (κ2) is 7.83. The van der Waals surface area contributed by atoms with E-state index < -0.39 is 16.0 Å². The van der Waals surface area contributed by atoms with Crippen molar-refractivity contribution in [3.05, 3.63) is 40.6 Å². The molecule has 0 spiro atoms. The fourth-order valence-electron chi connectivity index (χ4n) is 2.89. The van der Waals surface area contributed by atoms with Gasteiger partial charge in [-0.2, -0.15) is 0 Å². The van der Waals surface area contributed by atoms with Crippen molar-refractivity contribution >= 4 is 32.6 Å². The number of aryl methyl sites for hydroxylation is 1. The number of nitrogens with one attached hydrogen (secondary N) is 2. The van der Waals surface area contributed by atoms with Crippen molar-refractivity contribution in [1.29, 1.82) is 5.41 Å². The summed E-state index contributed by atoms with van der Waals surface area (Å²) in [7, 11) is -0.965. The first-order chi connectivity index (χ1) is 12.6. The molecule has 1 heterocycles. The molecule has 2 rings (SSSR count). The lowest BCUT2D eigenvalue weighted by molar-refractivity contribution is -0.136. The minimum Gasteiger partial charge on any atom is -0.497 e. The third-order valence-electron chi connectivity index (χ3n) is 4.24. The first kappa shape index (κ1) is 20.5. The van der Waals surface area contributed by atoms with Gasteiger partial charge < -0.3 is 20.6 Å². The van der Waals surface area contributed by atoms with Crippen LogP contribution in [0.2, 0.25) is 0 Å². The van der Waals surface area contributed by atoms with Gasteiger partial charge in [-0.1, -0.05) is 0 Å². The maximum atomic E-state index is 13.3. The Morgan fingerprint density at radius 2 is 2.00 bits per heavy atom. The van der Waals surface area contributed by atoms with Crippen LogP contribution in [0.4, 0.5) is 0 Å². The van der Waals surface area contributed by atoms with E-state index in [1.54, 1.807) is 32.2 Å². The maximum absolute atomic E-state index is 13.3. The predicted molar refractivity (Wildman–Crippen MR) is 104 cm³/mol. The lowest BCUT2D eigenvalue weighted by Gasteiger charge is -2.14. The first-order valence-corrected chi connectivity index (χ1v) is 9.67. The summed E-state index contributed by atoms with van der Waals surface area (Å²) in [6, 6.07) is 4.94. The first-order valence-electron chi connectivity index (χ1n) is 8.23. The third-order valence-corrected chi connectivity index (χ3v) is 6.19. The van der Waals surface area contributed by atoms with Crippen LogP contribution in [0.15, 0.2) is 35.0 Å². The zero-order valence-corrected chi connectivity index (χ0v) is 16.5. The number of fused-ring (bicyclic) bond motifs is 1. The van der Waals surface area contributed by atoms with Crippen LogP contribution in [-0.2, 0) is 21.2 Å². The van der Waals surface area contributed by atoms with Crippen molar-refractivity contribution in [3.63, 3.8) is 0 Å². The minimum absolute atomic E-state index is 0.0932. The van der Waals surface area contributed by atoms with Gasteiger partial charge in [-0.25, -0.2) is 12.4 Å². The van der Waals surface area contributed by atoms with Gasteiger partial charge in [0.05, 0.1) is 18.3 Å².